The average molecular weight is 459 g/mol. The molecular formula is C16H25N7O7S. The number of hydrogen-bond acceptors (Lipinski definition) is 9. The van der Waals surface area contributed by atoms with Crippen molar-refractivity contribution in [2.24, 2.45) is 11.5 Å². The Balaban J connectivity index is 3.01. The normalized spacial score (nSPS) is 14.5. The first-order chi connectivity index (χ1) is 14.6. The number of carboxylic acid groups (broad SMARTS) is 1. The molecular weight excluding hydrogens is 434 g/mol. The monoisotopic (exact) mass is 459 g/mol. The summed E-state index contributed by atoms with van der Waals surface area (Å²) < 4.78 is 0. The van der Waals surface area contributed by atoms with E-state index in [1.807, 2.05) is 0 Å². The van der Waals surface area contributed by atoms with Gasteiger partial charge in [-0.05, 0) is 0 Å². The summed E-state index contributed by atoms with van der Waals surface area (Å²) in [5, 5.41) is 24.8. The molecule has 1 aromatic heterocycles. The summed E-state index contributed by atoms with van der Waals surface area (Å²) in [6, 6.07) is -5.45. The zero-order valence-electron chi connectivity index (χ0n) is 16.3. The van der Waals surface area contributed by atoms with Crippen LogP contribution in [0.5, 0.6) is 0 Å². The summed E-state index contributed by atoms with van der Waals surface area (Å²) >= 11 is 3.82. The van der Waals surface area contributed by atoms with Gasteiger partial charge in [0.1, 0.15) is 24.2 Å². The number of rotatable bonds is 13. The predicted molar refractivity (Wildman–Crippen MR) is 108 cm³/mol. The van der Waals surface area contributed by atoms with Crippen LogP contribution < -0.4 is 27.4 Å². The van der Waals surface area contributed by atoms with Gasteiger partial charge in [0.2, 0.25) is 23.6 Å². The van der Waals surface area contributed by atoms with Gasteiger partial charge in [0.25, 0.3) is 0 Å². The van der Waals surface area contributed by atoms with Crippen LogP contribution in [0.25, 0.3) is 0 Å². The lowest BCUT2D eigenvalue weighted by molar-refractivity contribution is -0.141. The van der Waals surface area contributed by atoms with Crippen molar-refractivity contribution in [3.8, 4) is 0 Å². The molecule has 0 aromatic carbocycles. The molecule has 31 heavy (non-hydrogen) atoms. The number of nitrogens with one attached hydrogen (secondary N) is 4. The smallest absolute Gasteiger partial charge is 0.327 e. The number of thiol groups is 1. The fourth-order valence-electron chi connectivity index (χ4n) is 2.33. The van der Waals surface area contributed by atoms with Gasteiger partial charge in [-0.1, -0.05) is 0 Å². The van der Waals surface area contributed by atoms with E-state index in [0.717, 1.165) is 0 Å². The van der Waals surface area contributed by atoms with Crippen LogP contribution in [-0.4, -0.2) is 86.3 Å². The molecule has 0 aliphatic rings. The summed E-state index contributed by atoms with van der Waals surface area (Å²) in [6.07, 6.45) is 2.03. The summed E-state index contributed by atoms with van der Waals surface area (Å²) in [6.45, 7) is -0.669. The van der Waals surface area contributed by atoms with E-state index in [2.05, 4.69) is 38.5 Å². The number of carboxylic acids is 1. The van der Waals surface area contributed by atoms with E-state index in [1.165, 1.54) is 12.5 Å². The number of nitrogens with zero attached hydrogens (tertiary/aromatic N) is 1. The van der Waals surface area contributed by atoms with E-state index in [9.17, 15) is 24.0 Å². The summed E-state index contributed by atoms with van der Waals surface area (Å²) in [5.74, 6) is -5.24. The van der Waals surface area contributed by atoms with Crippen molar-refractivity contribution < 1.29 is 34.2 Å². The molecule has 0 aliphatic carbocycles. The molecule has 0 fully saturated rings. The number of aliphatic hydroxyl groups excluding tert-OH is 1. The van der Waals surface area contributed by atoms with Crippen LogP contribution in [0.3, 0.4) is 0 Å². The van der Waals surface area contributed by atoms with Crippen molar-refractivity contribution in [2.45, 2.75) is 37.0 Å². The number of amides is 4. The van der Waals surface area contributed by atoms with Crippen LogP contribution in [0.4, 0.5) is 0 Å². The standard InChI is InChI=1S/C16H25N7O7S/c17-8(4-24)13(26)21-9(1-7-3-19-6-20-7)14(27)22-10(2-12(18)25)15(28)23-11(5-31)16(29)30/h3,6,8-11,24,31H,1-2,4-5,17H2,(H2,18,25)(H,19,20)(H,21,26)(H,22,27)(H,23,28)(H,29,30). The molecule has 10 N–H and O–H groups in total. The second kappa shape index (κ2) is 12.5. The Labute approximate surface area is 181 Å². The molecule has 1 aromatic rings. The first kappa shape index (κ1) is 25.9. The lowest BCUT2D eigenvalue weighted by Crippen LogP contribution is -2.58. The van der Waals surface area contributed by atoms with Gasteiger partial charge in [0.15, 0.2) is 0 Å². The number of aromatic amines is 1. The van der Waals surface area contributed by atoms with E-state index < -0.39 is 66.8 Å². The van der Waals surface area contributed by atoms with Crippen molar-refractivity contribution in [3.05, 3.63) is 18.2 Å². The van der Waals surface area contributed by atoms with Crippen LogP contribution in [0.1, 0.15) is 12.1 Å². The maximum atomic E-state index is 12.8. The number of nitrogens with two attached hydrogens (primary N) is 2. The van der Waals surface area contributed by atoms with Gasteiger partial charge in [-0.15, -0.1) is 0 Å². The highest BCUT2D eigenvalue weighted by molar-refractivity contribution is 7.80. The molecule has 0 saturated carbocycles. The number of aliphatic carboxylic acids is 1. The van der Waals surface area contributed by atoms with Crippen molar-refractivity contribution in [1.29, 1.82) is 0 Å². The van der Waals surface area contributed by atoms with Gasteiger partial charge in [0, 0.05) is 24.1 Å². The van der Waals surface area contributed by atoms with Crippen molar-refractivity contribution in [2.75, 3.05) is 12.4 Å². The van der Waals surface area contributed by atoms with E-state index in [1.54, 1.807) is 0 Å². The largest absolute Gasteiger partial charge is 0.480 e. The Morgan fingerprint density at radius 2 is 1.65 bits per heavy atom. The van der Waals surface area contributed by atoms with E-state index >= 15 is 0 Å². The van der Waals surface area contributed by atoms with Gasteiger partial charge in [-0.3, -0.25) is 19.2 Å². The van der Waals surface area contributed by atoms with Crippen molar-refractivity contribution >= 4 is 42.2 Å². The molecule has 4 unspecified atom stereocenters. The number of carbonyl (C=O) groups is 5. The fourth-order valence-corrected chi connectivity index (χ4v) is 2.58. The van der Waals surface area contributed by atoms with E-state index in [4.69, 9.17) is 21.7 Å². The number of primary amides is 1. The highest BCUT2D eigenvalue weighted by Gasteiger charge is 2.31. The van der Waals surface area contributed by atoms with Gasteiger partial charge in [-0.2, -0.15) is 12.6 Å². The van der Waals surface area contributed by atoms with Gasteiger partial charge in [0.05, 0.1) is 19.4 Å². The lowest BCUT2D eigenvalue weighted by Gasteiger charge is -2.24. The molecule has 4 amide bonds. The van der Waals surface area contributed by atoms with Crippen molar-refractivity contribution in [1.82, 2.24) is 25.9 Å². The minimum absolute atomic E-state index is 0.0883. The number of aromatic nitrogens is 2. The summed E-state index contributed by atoms with van der Waals surface area (Å²) in [4.78, 5) is 66.2. The molecule has 172 valence electrons. The highest BCUT2D eigenvalue weighted by atomic mass is 32.1. The first-order valence-electron chi connectivity index (χ1n) is 8.95. The quantitative estimate of drug-likeness (QED) is 0.129. The SMILES string of the molecule is NC(=O)CC(NC(=O)C(Cc1cnc[nH]1)NC(=O)C(N)CO)C(=O)NC(CS)C(=O)O. The topological polar surface area (TPSA) is 243 Å². The molecule has 1 heterocycles. The molecule has 0 radical (unpaired) electrons. The Bertz CT molecular complexity index is 789. The third-order valence-corrected chi connectivity index (χ3v) is 4.35. The number of imidazole rings is 1. The van der Waals surface area contributed by atoms with E-state index in [0.29, 0.717) is 5.69 Å². The Kier molecular flexibility index (Phi) is 10.4. The third-order valence-electron chi connectivity index (χ3n) is 3.98. The fraction of sp³-hybridized carbons (Fsp3) is 0.500. The lowest BCUT2D eigenvalue weighted by atomic mass is 10.1. The first-order valence-corrected chi connectivity index (χ1v) is 9.59. The number of hydrogen-bond donors (Lipinski definition) is 9. The van der Waals surface area contributed by atoms with Crippen LogP contribution in [0, 0.1) is 0 Å². The van der Waals surface area contributed by atoms with Crippen LogP contribution in [0.15, 0.2) is 12.5 Å². The minimum Gasteiger partial charge on any atom is -0.480 e. The van der Waals surface area contributed by atoms with E-state index in [-0.39, 0.29) is 12.2 Å². The van der Waals surface area contributed by atoms with Crippen LogP contribution >= 0.6 is 12.6 Å². The van der Waals surface area contributed by atoms with Crippen molar-refractivity contribution in [3.63, 3.8) is 0 Å². The molecule has 4 atom stereocenters. The second-order valence-corrected chi connectivity index (χ2v) is 6.81. The molecule has 0 aliphatic heterocycles. The van der Waals surface area contributed by atoms with Gasteiger partial charge >= 0.3 is 5.97 Å². The molecule has 0 spiro atoms. The second-order valence-electron chi connectivity index (χ2n) is 6.44. The maximum absolute atomic E-state index is 12.8. The Morgan fingerprint density at radius 3 is 2.13 bits per heavy atom. The number of H-pyrrole nitrogens is 1. The van der Waals surface area contributed by atoms with Crippen LogP contribution in [-0.2, 0) is 30.4 Å². The summed E-state index contributed by atoms with van der Waals surface area (Å²) in [7, 11) is 0. The zero-order chi connectivity index (χ0) is 23.6. The molecule has 14 nitrogen and oxygen atoms in total. The van der Waals surface area contributed by atoms with Gasteiger partial charge in [-0.25, -0.2) is 9.78 Å². The third kappa shape index (κ3) is 8.61. The highest BCUT2D eigenvalue weighted by Crippen LogP contribution is 2.03. The Morgan fingerprint density at radius 1 is 1.06 bits per heavy atom. The molecule has 0 saturated heterocycles. The number of carbonyl (C=O) groups excluding carboxylic acids is 4. The predicted octanol–water partition coefficient (Wildman–Crippen LogP) is -4.38. The zero-order valence-corrected chi connectivity index (χ0v) is 17.2. The number of aliphatic hydroxyl groups is 1. The molecule has 1 rings (SSSR count). The molecule has 15 heteroatoms. The Hall–Kier alpha value is -3.17. The summed E-state index contributed by atoms with van der Waals surface area (Å²) in [5.41, 5.74) is 11.0. The van der Waals surface area contributed by atoms with Crippen LogP contribution in [0.2, 0.25) is 0 Å². The average Bonchev–Trinajstić information content (AvgIpc) is 3.22. The molecule has 0 bridgehead atoms. The minimum atomic E-state index is -1.51. The van der Waals surface area contributed by atoms with Gasteiger partial charge < -0.3 is 42.6 Å². The maximum Gasteiger partial charge on any atom is 0.327 e.